The molecule has 0 unspecified atom stereocenters. The molecule has 0 saturated heterocycles. The Balaban J connectivity index is 2.08. The molecular formula is C17H22N6. The van der Waals surface area contributed by atoms with Gasteiger partial charge in [0, 0.05) is 25.0 Å². The summed E-state index contributed by atoms with van der Waals surface area (Å²) in [6.45, 7) is 6.48. The molecule has 0 radical (unpaired) electrons. The van der Waals surface area contributed by atoms with Crippen LogP contribution in [0.3, 0.4) is 0 Å². The van der Waals surface area contributed by atoms with E-state index < -0.39 is 0 Å². The summed E-state index contributed by atoms with van der Waals surface area (Å²) < 4.78 is 3.79. The molecular weight excluding hydrogens is 288 g/mol. The quantitative estimate of drug-likeness (QED) is 0.702. The lowest BCUT2D eigenvalue weighted by atomic mass is 10.1. The van der Waals surface area contributed by atoms with Crippen molar-refractivity contribution in [1.29, 1.82) is 0 Å². The van der Waals surface area contributed by atoms with E-state index in [1.807, 2.05) is 39.8 Å². The summed E-state index contributed by atoms with van der Waals surface area (Å²) in [4.78, 5) is 9.24. The Morgan fingerprint density at radius 3 is 2.61 bits per heavy atom. The van der Waals surface area contributed by atoms with Gasteiger partial charge in [0.1, 0.15) is 6.04 Å². The van der Waals surface area contributed by atoms with Crippen LogP contribution in [0.25, 0.3) is 5.82 Å². The maximum absolute atomic E-state index is 4.80. The van der Waals surface area contributed by atoms with Crippen molar-refractivity contribution in [2.75, 3.05) is 0 Å². The molecule has 0 aliphatic heterocycles. The summed E-state index contributed by atoms with van der Waals surface area (Å²) in [6, 6.07) is 7.79. The van der Waals surface area contributed by atoms with E-state index in [2.05, 4.69) is 30.9 Å². The van der Waals surface area contributed by atoms with Crippen LogP contribution in [0.2, 0.25) is 0 Å². The zero-order valence-corrected chi connectivity index (χ0v) is 13.8. The first-order valence-corrected chi connectivity index (χ1v) is 8.05. The Kier molecular flexibility index (Phi) is 4.50. The third-order valence-electron chi connectivity index (χ3n) is 3.66. The van der Waals surface area contributed by atoms with E-state index in [-0.39, 0.29) is 6.04 Å². The van der Waals surface area contributed by atoms with Crippen molar-refractivity contribution in [1.82, 2.24) is 29.5 Å². The van der Waals surface area contributed by atoms with Crippen LogP contribution in [-0.2, 0) is 6.42 Å². The van der Waals surface area contributed by atoms with Gasteiger partial charge >= 0.3 is 0 Å². The van der Waals surface area contributed by atoms with E-state index in [4.69, 9.17) is 10.1 Å². The minimum atomic E-state index is 0.0421. The Morgan fingerprint density at radius 2 is 2.00 bits per heavy atom. The van der Waals surface area contributed by atoms with Crippen LogP contribution in [0.5, 0.6) is 0 Å². The van der Waals surface area contributed by atoms with Gasteiger partial charge in [-0.15, -0.1) is 5.10 Å². The van der Waals surface area contributed by atoms with Crippen LogP contribution < -0.4 is 0 Å². The molecule has 0 aliphatic carbocycles. The van der Waals surface area contributed by atoms with E-state index >= 15 is 0 Å². The van der Waals surface area contributed by atoms with Gasteiger partial charge in [-0.05, 0) is 30.5 Å². The van der Waals surface area contributed by atoms with Crippen LogP contribution in [0.15, 0.2) is 42.9 Å². The van der Waals surface area contributed by atoms with Gasteiger partial charge in [-0.3, -0.25) is 4.68 Å². The fourth-order valence-electron chi connectivity index (χ4n) is 2.64. The molecule has 6 nitrogen and oxygen atoms in total. The first-order chi connectivity index (χ1) is 11.2. The zero-order chi connectivity index (χ0) is 16.2. The molecule has 0 spiro atoms. The molecule has 0 amide bonds. The average molecular weight is 310 g/mol. The number of pyridine rings is 1. The molecule has 6 heteroatoms. The molecule has 3 aromatic rings. The molecule has 0 fully saturated rings. The molecule has 0 aromatic carbocycles. The van der Waals surface area contributed by atoms with Crippen LogP contribution in [0.1, 0.15) is 44.9 Å². The standard InChI is InChI=1S/C17H22N6/c1-4-14(22-11-7-10-19-22)17-20-15(12-13(2)3)21-23(17)16-8-5-6-9-18-16/h5-11,13-14H,4,12H2,1-3H3/t14-/m1/s1. The van der Waals surface area contributed by atoms with Crippen LogP contribution in [-0.4, -0.2) is 29.5 Å². The Labute approximate surface area is 136 Å². The molecule has 0 aliphatic rings. The number of hydrogen-bond donors (Lipinski definition) is 0. The Hall–Kier alpha value is -2.50. The predicted molar refractivity (Wildman–Crippen MR) is 88.4 cm³/mol. The average Bonchev–Trinajstić information content (AvgIpc) is 3.19. The number of rotatable bonds is 6. The summed E-state index contributed by atoms with van der Waals surface area (Å²) >= 11 is 0. The van der Waals surface area contributed by atoms with E-state index in [0.29, 0.717) is 5.92 Å². The van der Waals surface area contributed by atoms with Crippen LogP contribution in [0.4, 0.5) is 0 Å². The fourth-order valence-corrected chi connectivity index (χ4v) is 2.64. The zero-order valence-electron chi connectivity index (χ0n) is 13.8. The molecule has 0 saturated carbocycles. The van der Waals surface area contributed by atoms with Crippen molar-refractivity contribution in [3.05, 3.63) is 54.5 Å². The van der Waals surface area contributed by atoms with Crippen molar-refractivity contribution in [3.8, 4) is 5.82 Å². The van der Waals surface area contributed by atoms with Gasteiger partial charge in [0.2, 0.25) is 0 Å². The molecule has 3 rings (SSSR count). The summed E-state index contributed by atoms with van der Waals surface area (Å²) in [7, 11) is 0. The molecule has 0 bridgehead atoms. The largest absolute Gasteiger partial charge is 0.262 e. The van der Waals surface area contributed by atoms with Gasteiger partial charge in [0.05, 0.1) is 0 Å². The molecule has 3 aromatic heterocycles. The predicted octanol–water partition coefficient (Wildman–Crippen LogP) is 3.06. The highest BCUT2D eigenvalue weighted by atomic mass is 15.4. The topological polar surface area (TPSA) is 61.4 Å². The van der Waals surface area contributed by atoms with Gasteiger partial charge < -0.3 is 0 Å². The van der Waals surface area contributed by atoms with Gasteiger partial charge in [-0.2, -0.15) is 9.78 Å². The molecule has 23 heavy (non-hydrogen) atoms. The van der Waals surface area contributed by atoms with Gasteiger partial charge in [0.15, 0.2) is 17.5 Å². The van der Waals surface area contributed by atoms with Crippen LogP contribution in [0, 0.1) is 5.92 Å². The lowest BCUT2D eigenvalue weighted by Gasteiger charge is -2.15. The smallest absolute Gasteiger partial charge is 0.159 e. The normalized spacial score (nSPS) is 12.7. The number of hydrogen-bond acceptors (Lipinski definition) is 4. The molecule has 1 atom stereocenters. The van der Waals surface area contributed by atoms with Crippen molar-refractivity contribution in [2.45, 2.75) is 39.7 Å². The highest BCUT2D eigenvalue weighted by Gasteiger charge is 2.22. The van der Waals surface area contributed by atoms with E-state index in [1.165, 1.54) is 0 Å². The van der Waals surface area contributed by atoms with Crippen molar-refractivity contribution in [2.24, 2.45) is 5.92 Å². The molecule has 3 heterocycles. The highest BCUT2D eigenvalue weighted by Crippen LogP contribution is 2.22. The summed E-state index contributed by atoms with van der Waals surface area (Å²) in [5.74, 6) is 3.03. The third kappa shape index (κ3) is 3.31. The van der Waals surface area contributed by atoms with Crippen molar-refractivity contribution >= 4 is 0 Å². The summed E-state index contributed by atoms with van der Waals surface area (Å²) in [5.41, 5.74) is 0. The number of aromatic nitrogens is 6. The van der Waals surface area contributed by atoms with Gasteiger partial charge in [0.25, 0.3) is 0 Å². The Bertz CT molecular complexity index is 730. The van der Waals surface area contributed by atoms with E-state index in [9.17, 15) is 0 Å². The van der Waals surface area contributed by atoms with Gasteiger partial charge in [-0.25, -0.2) is 9.97 Å². The SMILES string of the molecule is CC[C@H](c1nc(CC(C)C)nn1-c1ccccn1)n1cccn1. The summed E-state index contributed by atoms with van der Waals surface area (Å²) in [5, 5.41) is 9.09. The summed E-state index contributed by atoms with van der Waals surface area (Å²) in [6.07, 6.45) is 7.27. The lowest BCUT2D eigenvalue weighted by Crippen LogP contribution is -2.16. The van der Waals surface area contributed by atoms with E-state index in [0.717, 1.165) is 30.3 Å². The number of nitrogens with zero attached hydrogens (tertiary/aromatic N) is 6. The van der Waals surface area contributed by atoms with Crippen molar-refractivity contribution < 1.29 is 0 Å². The van der Waals surface area contributed by atoms with E-state index in [1.54, 1.807) is 12.4 Å². The first kappa shape index (κ1) is 15.4. The molecule has 120 valence electrons. The Morgan fingerprint density at radius 1 is 1.13 bits per heavy atom. The molecule has 0 N–H and O–H groups in total. The van der Waals surface area contributed by atoms with Crippen molar-refractivity contribution in [3.63, 3.8) is 0 Å². The monoisotopic (exact) mass is 310 g/mol. The highest BCUT2D eigenvalue weighted by molar-refractivity contribution is 5.23. The third-order valence-corrected chi connectivity index (χ3v) is 3.66. The maximum Gasteiger partial charge on any atom is 0.159 e. The van der Waals surface area contributed by atoms with Crippen LogP contribution >= 0.6 is 0 Å². The second kappa shape index (κ2) is 6.73. The second-order valence-electron chi connectivity index (χ2n) is 5.99. The minimum absolute atomic E-state index is 0.0421. The minimum Gasteiger partial charge on any atom is -0.262 e. The second-order valence-corrected chi connectivity index (χ2v) is 5.99. The fraction of sp³-hybridized carbons (Fsp3) is 0.412. The first-order valence-electron chi connectivity index (χ1n) is 8.05. The maximum atomic E-state index is 4.80. The lowest BCUT2D eigenvalue weighted by molar-refractivity contribution is 0.473. The van der Waals surface area contributed by atoms with Gasteiger partial charge in [-0.1, -0.05) is 26.8 Å².